The van der Waals surface area contributed by atoms with Crippen LogP contribution in [0.5, 0.6) is 0 Å². The molecular weight excluding hydrogens is 298 g/mol. The van der Waals surface area contributed by atoms with Crippen LogP contribution >= 0.6 is 0 Å². The van der Waals surface area contributed by atoms with Gasteiger partial charge in [0.25, 0.3) is 0 Å². The van der Waals surface area contributed by atoms with Gasteiger partial charge in [-0.15, -0.1) is 0 Å². The quantitative estimate of drug-likeness (QED) is 0.905. The van der Waals surface area contributed by atoms with Gasteiger partial charge in [0.15, 0.2) is 9.84 Å². The van der Waals surface area contributed by atoms with E-state index in [9.17, 15) is 13.2 Å². The van der Waals surface area contributed by atoms with E-state index < -0.39 is 9.84 Å². The fourth-order valence-corrected chi connectivity index (χ4v) is 5.07. The molecule has 5 heteroatoms. The third-order valence-electron chi connectivity index (χ3n) is 4.65. The minimum Gasteiger partial charge on any atom is -0.349 e. The molecule has 1 aliphatic heterocycles. The zero-order valence-electron chi connectivity index (χ0n) is 12.9. The minimum absolute atomic E-state index is 0.0112. The number of hydrogen-bond donors (Lipinski definition) is 1. The van der Waals surface area contributed by atoms with Crippen molar-refractivity contribution in [1.29, 1.82) is 0 Å². The van der Waals surface area contributed by atoms with Crippen LogP contribution < -0.4 is 5.32 Å². The number of carbonyl (C=O) groups excluding carboxylic acids is 1. The molecular formula is C17H23NO3S. The van der Waals surface area contributed by atoms with Crippen LogP contribution in [-0.2, 0) is 14.6 Å². The summed E-state index contributed by atoms with van der Waals surface area (Å²) in [5.74, 6) is 0.898. The Bertz CT molecular complexity index is 647. The van der Waals surface area contributed by atoms with E-state index in [0.29, 0.717) is 18.8 Å². The second-order valence-corrected chi connectivity index (χ2v) is 9.00. The second kappa shape index (κ2) is 6.03. The van der Waals surface area contributed by atoms with Crippen LogP contribution in [0.3, 0.4) is 0 Å². The first-order valence-corrected chi connectivity index (χ1v) is 9.81. The summed E-state index contributed by atoms with van der Waals surface area (Å²) >= 11 is 0. The molecule has 3 rings (SSSR count). The molecule has 2 unspecified atom stereocenters. The Labute approximate surface area is 132 Å². The van der Waals surface area contributed by atoms with Crippen LogP contribution in [0.15, 0.2) is 24.3 Å². The van der Waals surface area contributed by atoms with E-state index in [-0.39, 0.29) is 29.4 Å². The number of aryl methyl sites for hydroxylation is 1. The Morgan fingerprint density at radius 1 is 1.23 bits per heavy atom. The maximum absolute atomic E-state index is 12.3. The van der Waals surface area contributed by atoms with Gasteiger partial charge in [0.1, 0.15) is 0 Å². The van der Waals surface area contributed by atoms with Gasteiger partial charge >= 0.3 is 0 Å². The van der Waals surface area contributed by atoms with Crippen LogP contribution in [-0.4, -0.2) is 25.8 Å². The number of benzene rings is 1. The highest BCUT2D eigenvalue weighted by Gasteiger charge is 2.35. The molecule has 4 nitrogen and oxygen atoms in total. The molecule has 120 valence electrons. The SMILES string of the molecule is Cc1ccc(C(NC(=O)CC2CCS(=O)(=O)C2)C2CC2)cc1. The Hall–Kier alpha value is -1.36. The standard InChI is InChI=1S/C17H23NO3S/c1-12-2-4-14(5-3-12)17(15-6-7-15)18-16(19)10-13-8-9-22(20,21)11-13/h2-5,13,15,17H,6-11H2,1H3,(H,18,19). The number of amides is 1. The van der Waals surface area contributed by atoms with Crippen molar-refractivity contribution < 1.29 is 13.2 Å². The first-order chi connectivity index (χ1) is 10.4. The molecule has 0 aromatic heterocycles. The molecule has 22 heavy (non-hydrogen) atoms. The minimum atomic E-state index is -2.91. The molecule has 2 aliphatic rings. The van der Waals surface area contributed by atoms with Crippen molar-refractivity contribution in [3.63, 3.8) is 0 Å². The van der Waals surface area contributed by atoms with E-state index >= 15 is 0 Å². The van der Waals surface area contributed by atoms with E-state index in [4.69, 9.17) is 0 Å². The van der Waals surface area contributed by atoms with Gasteiger partial charge in [-0.1, -0.05) is 29.8 Å². The van der Waals surface area contributed by atoms with E-state index in [0.717, 1.165) is 18.4 Å². The summed E-state index contributed by atoms with van der Waals surface area (Å²) in [7, 11) is -2.91. The van der Waals surface area contributed by atoms with Crippen molar-refractivity contribution >= 4 is 15.7 Å². The smallest absolute Gasteiger partial charge is 0.220 e. The van der Waals surface area contributed by atoms with Gasteiger partial charge in [0, 0.05) is 6.42 Å². The van der Waals surface area contributed by atoms with Gasteiger partial charge in [0.05, 0.1) is 17.5 Å². The Kier molecular flexibility index (Phi) is 4.26. The maximum atomic E-state index is 12.3. The van der Waals surface area contributed by atoms with Crippen molar-refractivity contribution in [2.75, 3.05) is 11.5 Å². The van der Waals surface area contributed by atoms with Crippen LogP contribution in [0.2, 0.25) is 0 Å². The average Bonchev–Trinajstić information content (AvgIpc) is 3.23. The third-order valence-corrected chi connectivity index (χ3v) is 6.48. The number of sulfone groups is 1. The molecule has 1 heterocycles. The van der Waals surface area contributed by atoms with Crippen molar-refractivity contribution in [3.8, 4) is 0 Å². The normalized spacial score (nSPS) is 24.9. The molecule has 1 amide bonds. The fourth-order valence-electron chi connectivity index (χ4n) is 3.20. The van der Waals surface area contributed by atoms with Gasteiger partial charge in [-0.3, -0.25) is 4.79 Å². The second-order valence-electron chi connectivity index (χ2n) is 6.77. The highest BCUT2D eigenvalue weighted by atomic mass is 32.2. The molecule has 1 aliphatic carbocycles. The van der Waals surface area contributed by atoms with Gasteiger partial charge in [0.2, 0.25) is 5.91 Å². The summed E-state index contributed by atoms with van der Waals surface area (Å²) in [6.45, 7) is 2.05. The molecule has 1 saturated carbocycles. The number of hydrogen-bond acceptors (Lipinski definition) is 3. The largest absolute Gasteiger partial charge is 0.349 e. The van der Waals surface area contributed by atoms with Gasteiger partial charge in [-0.05, 0) is 43.6 Å². The van der Waals surface area contributed by atoms with Gasteiger partial charge in [-0.25, -0.2) is 8.42 Å². The van der Waals surface area contributed by atoms with E-state index in [1.54, 1.807) is 0 Å². The van der Waals surface area contributed by atoms with Crippen LogP contribution in [0.4, 0.5) is 0 Å². The summed E-state index contributed by atoms with van der Waals surface area (Å²) in [6.07, 6.45) is 3.25. The number of nitrogens with one attached hydrogen (secondary N) is 1. The molecule has 1 aromatic carbocycles. The lowest BCUT2D eigenvalue weighted by molar-refractivity contribution is -0.122. The predicted octanol–water partition coefficient (Wildman–Crippen LogP) is 2.39. The molecule has 2 fully saturated rings. The predicted molar refractivity (Wildman–Crippen MR) is 86.2 cm³/mol. The highest BCUT2D eigenvalue weighted by Crippen LogP contribution is 2.41. The van der Waals surface area contributed by atoms with Gasteiger partial charge < -0.3 is 5.32 Å². The summed E-state index contributed by atoms with van der Waals surface area (Å²) in [5, 5.41) is 3.14. The van der Waals surface area contributed by atoms with E-state index in [1.165, 1.54) is 5.56 Å². The number of carbonyl (C=O) groups is 1. The number of rotatable bonds is 5. The van der Waals surface area contributed by atoms with Gasteiger partial charge in [-0.2, -0.15) is 0 Å². The van der Waals surface area contributed by atoms with E-state index in [1.807, 2.05) is 0 Å². The molecule has 0 spiro atoms. The lowest BCUT2D eigenvalue weighted by Crippen LogP contribution is -2.31. The monoisotopic (exact) mass is 321 g/mol. The summed E-state index contributed by atoms with van der Waals surface area (Å²) in [5.41, 5.74) is 2.36. The zero-order valence-corrected chi connectivity index (χ0v) is 13.7. The third kappa shape index (κ3) is 3.88. The summed E-state index contributed by atoms with van der Waals surface area (Å²) in [4.78, 5) is 12.3. The Morgan fingerprint density at radius 3 is 2.45 bits per heavy atom. The molecule has 2 atom stereocenters. The lowest BCUT2D eigenvalue weighted by Gasteiger charge is -2.20. The average molecular weight is 321 g/mol. The Balaban J connectivity index is 1.62. The first kappa shape index (κ1) is 15.5. The highest BCUT2D eigenvalue weighted by molar-refractivity contribution is 7.91. The van der Waals surface area contributed by atoms with Crippen molar-refractivity contribution in [2.24, 2.45) is 11.8 Å². The van der Waals surface area contributed by atoms with Crippen molar-refractivity contribution in [1.82, 2.24) is 5.32 Å². The molecule has 1 aromatic rings. The molecule has 1 saturated heterocycles. The first-order valence-electron chi connectivity index (χ1n) is 7.99. The maximum Gasteiger partial charge on any atom is 0.220 e. The summed E-state index contributed by atoms with van der Waals surface area (Å²) in [6, 6.07) is 8.38. The lowest BCUT2D eigenvalue weighted by atomic mass is 9.99. The van der Waals surface area contributed by atoms with Crippen LogP contribution in [0.25, 0.3) is 0 Å². The van der Waals surface area contributed by atoms with Crippen molar-refractivity contribution in [2.45, 2.75) is 38.6 Å². The van der Waals surface area contributed by atoms with Crippen LogP contribution in [0.1, 0.15) is 42.9 Å². The zero-order chi connectivity index (χ0) is 15.7. The fraction of sp³-hybridized carbons (Fsp3) is 0.588. The molecule has 1 N–H and O–H groups in total. The topological polar surface area (TPSA) is 63.2 Å². The molecule has 0 bridgehead atoms. The van der Waals surface area contributed by atoms with Crippen LogP contribution in [0, 0.1) is 18.8 Å². The summed E-state index contributed by atoms with van der Waals surface area (Å²) < 4.78 is 23.0. The Morgan fingerprint density at radius 2 is 1.91 bits per heavy atom. The van der Waals surface area contributed by atoms with E-state index in [2.05, 4.69) is 36.5 Å². The van der Waals surface area contributed by atoms with Crippen molar-refractivity contribution in [3.05, 3.63) is 35.4 Å². The molecule has 0 radical (unpaired) electrons.